The van der Waals surface area contributed by atoms with Crippen molar-refractivity contribution in [1.29, 1.82) is 0 Å². The zero-order valence-electron chi connectivity index (χ0n) is 8.36. The summed E-state index contributed by atoms with van der Waals surface area (Å²) in [6.45, 7) is 5.30. The Hall–Kier alpha value is -0.0800. The van der Waals surface area contributed by atoms with Gasteiger partial charge in [0.2, 0.25) is 0 Å². The molecule has 2 aliphatic carbocycles. The summed E-state index contributed by atoms with van der Waals surface area (Å²) in [5.41, 5.74) is 0.0834. The number of fused-ring (bicyclic) bond motifs is 1. The van der Waals surface area contributed by atoms with Gasteiger partial charge in [0.05, 0.1) is 6.61 Å². The Morgan fingerprint density at radius 3 is 2.62 bits per heavy atom. The largest absolute Gasteiger partial charge is 0.367 e. The molecule has 0 bridgehead atoms. The molecular weight excluding hydrogens is 164 g/mol. The smallest absolute Gasteiger partial charge is 0.160 e. The molecule has 3 fully saturated rings. The van der Waals surface area contributed by atoms with E-state index in [1.54, 1.807) is 0 Å². The summed E-state index contributed by atoms with van der Waals surface area (Å²) in [6.07, 6.45) is 1.95. The quantitative estimate of drug-likeness (QED) is 0.668. The van der Waals surface area contributed by atoms with Gasteiger partial charge in [0.25, 0.3) is 0 Å². The van der Waals surface area contributed by atoms with Crippen LogP contribution < -0.4 is 0 Å². The van der Waals surface area contributed by atoms with Gasteiger partial charge in [-0.15, -0.1) is 0 Å². The van der Waals surface area contributed by atoms with E-state index in [9.17, 15) is 5.11 Å². The van der Waals surface area contributed by atoms with Crippen LogP contribution in [-0.2, 0) is 4.74 Å². The zero-order valence-corrected chi connectivity index (χ0v) is 8.36. The molecule has 2 heteroatoms. The topological polar surface area (TPSA) is 29.5 Å². The SMILES string of the molecule is CC1C[C@@H]2[C@H]1[C@@H]2[C@]1(C)CCOC1O. The molecule has 0 spiro atoms. The molecule has 1 saturated heterocycles. The second-order valence-corrected chi connectivity index (χ2v) is 5.46. The minimum absolute atomic E-state index is 0.0834. The Balaban J connectivity index is 1.78. The lowest BCUT2D eigenvalue weighted by Crippen LogP contribution is -2.30. The molecule has 0 aromatic heterocycles. The van der Waals surface area contributed by atoms with Crippen LogP contribution in [0, 0.1) is 29.1 Å². The van der Waals surface area contributed by atoms with E-state index in [1.165, 1.54) is 6.42 Å². The normalized spacial score (nSPS) is 64.4. The molecule has 0 aromatic carbocycles. The monoisotopic (exact) mass is 182 g/mol. The molecule has 1 aliphatic heterocycles. The molecule has 0 radical (unpaired) electrons. The standard InChI is InChI=1S/C11H18O2/c1-6-5-7-8(6)9(7)11(2)3-4-13-10(11)12/h6-10,12H,3-5H2,1-2H3/t6?,7-,8+,9-,10?,11+/m1/s1. The van der Waals surface area contributed by atoms with E-state index in [0.717, 1.165) is 36.7 Å². The Morgan fingerprint density at radius 1 is 1.46 bits per heavy atom. The van der Waals surface area contributed by atoms with E-state index in [4.69, 9.17) is 4.74 Å². The molecule has 3 rings (SSSR count). The predicted molar refractivity (Wildman–Crippen MR) is 48.9 cm³/mol. The van der Waals surface area contributed by atoms with Crippen molar-refractivity contribution in [3.63, 3.8) is 0 Å². The van der Waals surface area contributed by atoms with Gasteiger partial charge in [0, 0.05) is 5.41 Å². The maximum Gasteiger partial charge on any atom is 0.160 e. The highest BCUT2D eigenvalue weighted by Gasteiger charge is 2.69. The first-order valence-corrected chi connectivity index (χ1v) is 5.44. The van der Waals surface area contributed by atoms with Crippen LogP contribution in [0.3, 0.4) is 0 Å². The summed E-state index contributed by atoms with van der Waals surface area (Å²) >= 11 is 0. The number of aliphatic hydroxyl groups is 1. The molecule has 0 amide bonds. The molecule has 74 valence electrons. The van der Waals surface area contributed by atoms with Crippen LogP contribution in [0.25, 0.3) is 0 Å². The first kappa shape index (κ1) is 8.25. The van der Waals surface area contributed by atoms with Crippen molar-refractivity contribution in [3.05, 3.63) is 0 Å². The second-order valence-electron chi connectivity index (χ2n) is 5.46. The minimum atomic E-state index is -0.490. The highest BCUT2D eigenvalue weighted by Crippen LogP contribution is 2.72. The van der Waals surface area contributed by atoms with E-state index in [-0.39, 0.29) is 5.41 Å². The van der Waals surface area contributed by atoms with Crippen LogP contribution in [-0.4, -0.2) is 18.0 Å². The molecular formula is C11H18O2. The molecule has 13 heavy (non-hydrogen) atoms. The molecule has 6 atom stereocenters. The van der Waals surface area contributed by atoms with Gasteiger partial charge in [-0.05, 0) is 36.5 Å². The molecule has 1 N–H and O–H groups in total. The van der Waals surface area contributed by atoms with Crippen LogP contribution >= 0.6 is 0 Å². The van der Waals surface area contributed by atoms with Crippen molar-refractivity contribution in [2.75, 3.05) is 6.61 Å². The van der Waals surface area contributed by atoms with Crippen LogP contribution in [0.15, 0.2) is 0 Å². The lowest BCUT2D eigenvalue weighted by atomic mass is 9.81. The first-order valence-electron chi connectivity index (χ1n) is 5.44. The Kier molecular flexibility index (Phi) is 1.45. The van der Waals surface area contributed by atoms with Crippen molar-refractivity contribution in [3.8, 4) is 0 Å². The Morgan fingerprint density at radius 2 is 2.23 bits per heavy atom. The lowest BCUT2D eigenvalue weighted by molar-refractivity contribution is -0.120. The third-order valence-electron chi connectivity index (χ3n) is 4.77. The van der Waals surface area contributed by atoms with Crippen molar-refractivity contribution < 1.29 is 9.84 Å². The summed E-state index contributed by atoms with van der Waals surface area (Å²) in [6, 6.07) is 0. The number of ether oxygens (including phenoxy) is 1. The highest BCUT2D eigenvalue weighted by atomic mass is 16.6. The molecule has 0 aromatic rings. The van der Waals surface area contributed by atoms with Crippen molar-refractivity contribution in [2.45, 2.75) is 33.0 Å². The average Bonchev–Trinajstić information content (AvgIpc) is 2.58. The maximum atomic E-state index is 9.79. The third-order valence-corrected chi connectivity index (χ3v) is 4.77. The summed E-state index contributed by atoms with van der Waals surface area (Å²) in [7, 11) is 0. The van der Waals surface area contributed by atoms with Crippen molar-refractivity contribution in [2.24, 2.45) is 29.1 Å². The maximum absolute atomic E-state index is 9.79. The van der Waals surface area contributed by atoms with Gasteiger partial charge in [-0.1, -0.05) is 13.8 Å². The van der Waals surface area contributed by atoms with Gasteiger partial charge in [-0.2, -0.15) is 0 Å². The molecule has 2 unspecified atom stereocenters. The molecule has 3 aliphatic rings. The fourth-order valence-corrected chi connectivity index (χ4v) is 3.84. The number of rotatable bonds is 1. The summed E-state index contributed by atoms with van der Waals surface area (Å²) in [4.78, 5) is 0. The van der Waals surface area contributed by atoms with Crippen LogP contribution in [0.5, 0.6) is 0 Å². The molecule has 2 saturated carbocycles. The number of hydrogen-bond donors (Lipinski definition) is 1. The molecule has 1 heterocycles. The fourth-order valence-electron chi connectivity index (χ4n) is 3.84. The van der Waals surface area contributed by atoms with Crippen LogP contribution in [0.4, 0.5) is 0 Å². The van der Waals surface area contributed by atoms with Gasteiger partial charge in [-0.25, -0.2) is 0 Å². The van der Waals surface area contributed by atoms with Crippen molar-refractivity contribution in [1.82, 2.24) is 0 Å². The van der Waals surface area contributed by atoms with Crippen LogP contribution in [0.1, 0.15) is 26.7 Å². The van der Waals surface area contributed by atoms with E-state index < -0.39 is 6.29 Å². The first-order chi connectivity index (χ1) is 6.14. The predicted octanol–water partition coefficient (Wildman–Crippen LogP) is 1.63. The number of hydrogen-bond acceptors (Lipinski definition) is 2. The highest BCUT2D eigenvalue weighted by molar-refractivity contribution is 5.15. The number of aliphatic hydroxyl groups excluding tert-OH is 1. The van der Waals surface area contributed by atoms with Crippen molar-refractivity contribution >= 4 is 0 Å². The van der Waals surface area contributed by atoms with Gasteiger partial charge in [0.15, 0.2) is 6.29 Å². The van der Waals surface area contributed by atoms with Gasteiger partial charge < -0.3 is 9.84 Å². The summed E-state index contributed by atoms with van der Waals surface area (Å²) < 4.78 is 5.28. The van der Waals surface area contributed by atoms with E-state index in [2.05, 4.69) is 13.8 Å². The Labute approximate surface area is 79.3 Å². The second kappa shape index (κ2) is 2.29. The third kappa shape index (κ3) is 0.861. The fraction of sp³-hybridized carbons (Fsp3) is 1.00. The zero-order chi connectivity index (χ0) is 9.22. The summed E-state index contributed by atoms with van der Waals surface area (Å²) in [5.74, 6) is 3.51. The Bertz CT molecular complexity index is 240. The van der Waals surface area contributed by atoms with Crippen LogP contribution in [0.2, 0.25) is 0 Å². The summed E-state index contributed by atoms with van der Waals surface area (Å²) in [5, 5.41) is 9.79. The average molecular weight is 182 g/mol. The lowest BCUT2D eigenvalue weighted by Gasteiger charge is -2.26. The van der Waals surface area contributed by atoms with Gasteiger partial charge in [0.1, 0.15) is 0 Å². The minimum Gasteiger partial charge on any atom is -0.367 e. The van der Waals surface area contributed by atoms with E-state index in [1.807, 2.05) is 0 Å². The van der Waals surface area contributed by atoms with Gasteiger partial charge >= 0.3 is 0 Å². The van der Waals surface area contributed by atoms with E-state index >= 15 is 0 Å². The van der Waals surface area contributed by atoms with E-state index in [0.29, 0.717) is 0 Å². The van der Waals surface area contributed by atoms with Gasteiger partial charge in [-0.3, -0.25) is 0 Å². The molecule has 2 nitrogen and oxygen atoms in total.